The second kappa shape index (κ2) is 21.4. The van der Waals surface area contributed by atoms with Crippen LogP contribution in [0.15, 0.2) is 223 Å². The second-order valence-electron chi connectivity index (χ2n) is 19.1. The molecule has 8 aromatic carbocycles. The molecule has 0 amide bonds. The maximum Gasteiger partial charge on any atom is 3.00 e. The van der Waals surface area contributed by atoms with Gasteiger partial charge >= 0.3 is 20.1 Å². The minimum Gasteiger partial charge on any atom is -0.456 e. The first-order valence-electron chi connectivity index (χ1n) is 25.0. The predicted molar refractivity (Wildman–Crippen MR) is 299 cm³/mol. The zero-order valence-corrected chi connectivity index (χ0v) is 43.6. The van der Waals surface area contributed by atoms with Crippen LogP contribution in [0.2, 0.25) is 0 Å². The molecule has 0 aliphatic carbocycles. The van der Waals surface area contributed by atoms with E-state index in [1.54, 1.807) is 0 Å². The Bertz CT molecular complexity index is 3900. The van der Waals surface area contributed by atoms with Gasteiger partial charge in [-0.15, -0.1) is 101 Å². The van der Waals surface area contributed by atoms with Gasteiger partial charge in [0.2, 0.25) is 0 Å². The van der Waals surface area contributed by atoms with Crippen molar-refractivity contribution in [3.05, 3.63) is 270 Å². The van der Waals surface area contributed by atoms with E-state index in [2.05, 4.69) is 230 Å². The topological polar surface area (TPSA) is 51.8 Å². The summed E-state index contributed by atoms with van der Waals surface area (Å²) in [4.78, 5) is 14.0. The SMILES string of the molecule is Cc1ccc(-c2[c-]cc(CCc3cc(CCc4c[c-]c(-c5cc(C)ccn5)cc4)cc(-c4ccccc4-c4c[c-]c(-c5cc(-c6ccc7c(c6)oc6ccc(-c8ccccc8)cc67)ccn5)cc4)c3)cc2)nc1.[Ir+3]. The van der Waals surface area contributed by atoms with Crippen molar-refractivity contribution >= 4 is 21.9 Å². The van der Waals surface area contributed by atoms with Crippen molar-refractivity contribution in [3.63, 3.8) is 0 Å². The van der Waals surface area contributed by atoms with Crippen LogP contribution in [0.4, 0.5) is 0 Å². The number of fused-ring (bicyclic) bond motifs is 3. The van der Waals surface area contributed by atoms with Gasteiger partial charge in [0.05, 0.1) is 0 Å². The summed E-state index contributed by atoms with van der Waals surface area (Å²) < 4.78 is 6.40. The maximum atomic E-state index is 6.40. The quantitative estimate of drug-likeness (QED) is 0.108. The van der Waals surface area contributed by atoms with Gasteiger partial charge in [0.1, 0.15) is 11.2 Å². The fraction of sp³-hybridized carbons (Fsp3) is 0.0870. The molecule has 356 valence electrons. The molecule has 0 saturated carbocycles. The smallest absolute Gasteiger partial charge is 0.456 e. The summed E-state index contributed by atoms with van der Waals surface area (Å²) in [7, 11) is 0. The molecular formula is C69H50IrN3O. The van der Waals surface area contributed by atoms with E-state index in [1.807, 2.05) is 30.7 Å². The third kappa shape index (κ3) is 10.4. The van der Waals surface area contributed by atoms with Crippen LogP contribution in [0.3, 0.4) is 0 Å². The fourth-order valence-corrected chi connectivity index (χ4v) is 9.90. The van der Waals surface area contributed by atoms with Crippen molar-refractivity contribution in [1.82, 2.24) is 15.0 Å². The van der Waals surface area contributed by atoms with E-state index in [0.717, 1.165) is 109 Å². The molecule has 74 heavy (non-hydrogen) atoms. The van der Waals surface area contributed by atoms with Gasteiger partial charge in [-0.05, 0) is 130 Å². The largest absolute Gasteiger partial charge is 3.00 e. The number of benzene rings is 8. The van der Waals surface area contributed by atoms with E-state index in [0.29, 0.717) is 0 Å². The number of hydrogen-bond acceptors (Lipinski definition) is 4. The van der Waals surface area contributed by atoms with Gasteiger partial charge in [0, 0.05) is 29.4 Å². The molecule has 4 heterocycles. The van der Waals surface area contributed by atoms with Gasteiger partial charge in [-0.3, -0.25) is 0 Å². The van der Waals surface area contributed by atoms with Crippen molar-refractivity contribution in [2.24, 2.45) is 0 Å². The van der Waals surface area contributed by atoms with E-state index in [4.69, 9.17) is 9.40 Å². The average molecular weight is 1130 g/mol. The summed E-state index contributed by atoms with van der Waals surface area (Å²) in [5, 5.41) is 2.22. The van der Waals surface area contributed by atoms with Crippen molar-refractivity contribution in [1.29, 1.82) is 0 Å². The Balaban J connectivity index is 0.00000588. The Morgan fingerprint density at radius 1 is 0.365 bits per heavy atom. The Hall–Kier alpha value is -8.34. The molecule has 0 spiro atoms. The first kappa shape index (κ1) is 48.0. The van der Waals surface area contributed by atoms with Crippen molar-refractivity contribution in [2.75, 3.05) is 0 Å². The van der Waals surface area contributed by atoms with E-state index in [9.17, 15) is 0 Å². The molecule has 12 aromatic rings. The molecule has 0 bridgehead atoms. The van der Waals surface area contributed by atoms with Gasteiger partial charge in [0.15, 0.2) is 0 Å². The third-order valence-electron chi connectivity index (χ3n) is 13.9. The molecule has 0 aliphatic heterocycles. The minimum atomic E-state index is 0. The summed E-state index contributed by atoms with van der Waals surface area (Å²) in [6, 6.07) is 81.8. The molecule has 0 radical (unpaired) electrons. The third-order valence-corrected chi connectivity index (χ3v) is 13.9. The molecular weight excluding hydrogens is 1080 g/mol. The molecule has 12 rings (SSSR count). The van der Waals surface area contributed by atoms with Crippen molar-refractivity contribution in [2.45, 2.75) is 39.5 Å². The van der Waals surface area contributed by atoms with Gasteiger partial charge in [-0.1, -0.05) is 139 Å². The number of aromatic nitrogens is 3. The van der Waals surface area contributed by atoms with Crippen LogP contribution in [0.5, 0.6) is 0 Å². The van der Waals surface area contributed by atoms with E-state index in [1.165, 1.54) is 50.1 Å². The van der Waals surface area contributed by atoms with Crippen LogP contribution in [-0.4, -0.2) is 15.0 Å². The maximum absolute atomic E-state index is 6.40. The number of hydrogen-bond donors (Lipinski definition) is 0. The second-order valence-corrected chi connectivity index (χ2v) is 19.1. The molecule has 0 N–H and O–H groups in total. The fourth-order valence-electron chi connectivity index (χ4n) is 9.90. The number of rotatable bonds is 13. The molecule has 4 aromatic heterocycles. The number of pyridine rings is 3. The van der Waals surface area contributed by atoms with E-state index in [-0.39, 0.29) is 20.1 Å². The zero-order chi connectivity index (χ0) is 49.1. The van der Waals surface area contributed by atoms with Gasteiger partial charge < -0.3 is 19.4 Å². The molecule has 0 atom stereocenters. The van der Waals surface area contributed by atoms with Crippen LogP contribution >= 0.6 is 0 Å². The Morgan fingerprint density at radius 2 is 0.959 bits per heavy atom. The molecule has 5 heteroatoms. The molecule has 0 unspecified atom stereocenters. The standard InChI is InChI=1S/C69H50N3O.Ir/c1-46-34-36-70-66(38-46)55-23-19-49(20-24-55)14-16-51-39-50(15-13-48-17-21-54(22-18-48)65-32-12-47(2)45-72-65)40-60(41-51)62-11-7-6-10-61(62)53-25-27-56(28-26-53)67-43-59(35-37-71-67)58-29-31-63-64-42-57(52-8-4-3-5-9-52)30-33-68(64)73-69(63)44-58;/h3-12,17-21,23,25-27,29-45H,13-16H2,1-2H3;/q-3;+3. The number of aryl methyl sites for hydroxylation is 6. The van der Waals surface area contributed by atoms with Crippen LogP contribution in [-0.2, 0) is 45.8 Å². The van der Waals surface area contributed by atoms with E-state index < -0.39 is 0 Å². The van der Waals surface area contributed by atoms with Crippen molar-refractivity contribution < 1.29 is 24.5 Å². The average Bonchev–Trinajstić information content (AvgIpc) is 3.82. The van der Waals surface area contributed by atoms with Gasteiger partial charge in [-0.25, -0.2) is 0 Å². The Kier molecular flexibility index (Phi) is 13.9. The number of furan rings is 1. The van der Waals surface area contributed by atoms with Crippen molar-refractivity contribution in [3.8, 4) is 78.3 Å². The first-order chi connectivity index (χ1) is 35.9. The molecule has 0 fully saturated rings. The summed E-state index contributed by atoms with van der Waals surface area (Å²) in [6.07, 6.45) is 9.27. The Morgan fingerprint density at radius 3 is 1.62 bits per heavy atom. The summed E-state index contributed by atoms with van der Waals surface area (Å²) in [6.45, 7) is 4.16. The number of nitrogens with zero attached hydrogens (tertiary/aromatic N) is 3. The van der Waals surface area contributed by atoms with E-state index >= 15 is 0 Å². The molecule has 0 aliphatic rings. The normalized spacial score (nSPS) is 11.2. The summed E-state index contributed by atoms with van der Waals surface area (Å²) >= 11 is 0. The minimum absolute atomic E-state index is 0. The first-order valence-corrected chi connectivity index (χ1v) is 25.0. The Labute approximate surface area is 446 Å². The summed E-state index contributed by atoms with van der Waals surface area (Å²) in [5.41, 5.74) is 24.1. The molecule has 0 saturated heterocycles. The monoisotopic (exact) mass is 1130 g/mol. The predicted octanol–water partition coefficient (Wildman–Crippen LogP) is 17.0. The van der Waals surface area contributed by atoms with Crippen LogP contribution in [0.1, 0.15) is 33.4 Å². The van der Waals surface area contributed by atoms with Gasteiger partial charge in [-0.2, -0.15) is 0 Å². The molecule has 4 nitrogen and oxygen atoms in total. The van der Waals surface area contributed by atoms with Crippen LogP contribution in [0.25, 0.3) is 100 Å². The van der Waals surface area contributed by atoms with Gasteiger partial charge in [0.25, 0.3) is 0 Å². The van der Waals surface area contributed by atoms with Crippen LogP contribution < -0.4 is 0 Å². The summed E-state index contributed by atoms with van der Waals surface area (Å²) in [5.74, 6) is 0. The van der Waals surface area contributed by atoms with Crippen LogP contribution in [0, 0.1) is 32.0 Å². The zero-order valence-electron chi connectivity index (χ0n) is 41.2.